The second-order valence-corrected chi connectivity index (χ2v) is 4.30. The smallest absolute Gasteiger partial charge is 0.226 e. The fraction of sp³-hybridized carbons (Fsp3) is 0.444. The maximum absolute atomic E-state index is 4.29. The van der Waals surface area contributed by atoms with Crippen molar-refractivity contribution < 1.29 is 0 Å². The molecule has 1 aromatic heterocycles. The van der Waals surface area contributed by atoms with Crippen LogP contribution in [0.5, 0.6) is 0 Å². The van der Waals surface area contributed by atoms with Crippen molar-refractivity contribution in [3.63, 3.8) is 0 Å². The van der Waals surface area contributed by atoms with E-state index in [1.807, 2.05) is 38.0 Å². The van der Waals surface area contributed by atoms with Gasteiger partial charge in [-0.1, -0.05) is 0 Å². The Balaban J connectivity index is 3.00. The lowest BCUT2D eigenvalue weighted by Gasteiger charge is -2.10. The van der Waals surface area contributed by atoms with Crippen LogP contribution in [0.1, 0.15) is 0 Å². The summed E-state index contributed by atoms with van der Waals surface area (Å²) in [5.41, 5.74) is 0. The summed E-state index contributed by atoms with van der Waals surface area (Å²) in [4.78, 5) is 16.3. The minimum Gasteiger partial charge on any atom is -0.369 e. The molecule has 0 aromatic carbocycles. The molecule has 0 bridgehead atoms. The van der Waals surface area contributed by atoms with Crippen molar-refractivity contribution in [3.8, 4) is 0 Å². The van der Waals surface area contributed by atoms with Crippen molar-refractivity contribution in [1.82, 2.24) is 14.9 Å². The topological polar surface area (TPSA) is 44.6 Å². The molecule has 0 aliphatic rings. The second-order valence-electron chi connectivity index (χ2n) is 3.44. The Bertz CT molecular complexity index is 362. The lowest BCUT2D eigenvalue weighted by Crippen LogP contribution is -2.12. The predicted octanol–water partition coefficient (Wildman–Crippen LogP) is 1.53. The van der Waals surface area contributed by atoms with E-state index in [0.29, 0.717) is 11.8 Å². The van der Waals surface area contributed by atoms with Crippen LogP contribution in [0, 0.1) is 0 Å². The average Bonchev–Trinajstić information content (AvgIpc) is 2.16. The zero-order valence-electron chi connectivity index (χ0n) is 9.27. The highest BCUT2D eigenvalue weighted by molar-refractivity contribution is 9.10. The van der Waals surface area contributed by atoms with Crippen LogP contribution in [0.2, 0.25) is 0 Å². The van der Waals surface area contributed by atoms with E-state index >= 15 is 0 Å². The van der Waals surface area contributed by atoms with Gasteiger partial charge in [-0.3, -0.25) is 0 Å². The van der Waals surface area contributed by atoms with Crippen LogP contribution in [0.4, 0.5) is 11.8 Å². The molecule has 0 N–H and O–H groups in total. The first-order valence-electron chi connectivity index (χ1n) is 4.41. The number of halogens is 1. The first-order chi connectivity index (χ1) is 7.00. The molecule has 82 valence electrons. The Labute approximate surface area is 98.0 Å². The Morgan fingerprint density at radius 3 is 2.53 bits per heavy atom. The van der Waals surface area contributed by atoms with Gasteiger partial charge in [-0.25, -0.2) is 9.98 Å². The number of anilines is 1. The van der Waals surface area contributed by atoms with Gasteiger partial charge in [0.15, 0.2) is 5.82 Å². The standard InChI is InChI=1S/C9H14BrN5/c1-14(2)6-12-8-7(10)5-11-9(13-8)15(3)4/h5-6H,1-4H3. The molecule has 1 aromatic rings. The van der Waals surface area contributed by atoms with Gasteiger partial charge in [0.25, 0.3) is 0 Å². The first kappa shape index (κ1) is 11.9. The van der Waals surface area contributed by atoms with E-state index in [1.54, 1.807) is 12.5 Å². The summed E-state index contributed by atoms with van der Waals surface area (Å²) in [6, 6.07) is 0. The number of aliphatic imine (C=N–C) groups is 1. The number of rotatable bonds is 3. The Morgan fingerprint density at radius 1 is 1.33 bits per heavy atom. The van der Waals surface area contributed by atoms with Crippen LogP contribution < -0.4 is 4.90 Å². The van der Waals surface area contributed by atoms with Crippen molar-refractivity contribution in [2.45, 2.75) is 0 Å². The molecule has 0 aliphatic carbocycles. The fourth-order valence-corrected chi connectivity index (χ4v) is 1.12. The molecule has 0 unspecified atom stereocenters. The average molecular weight is 272 g/mol. The highest BCUT2D eigenvalue weighted by atomic mass is 79.9. The van der Waals surface area contributed by atoms with E-state index in [1.165, 1.54) is 0 Å². The van der Waals surface area contributed by atoms with Gasteiger partial charge in [0.2, 0.25) is 5.95 Å². The zero-order chi connectivity index (χ0) is 11.4. The molecule has 0 amide bonds. The molecule has 15 heavy (non-hydrogen) atoms. The van der Waals surface area contributed by atoms with Gasteiger partial charge < -0.3 is 9.80 Å². The van der Waals surface area contributed by atoms with Crippen LogP contribution in [-0.4, -0.2) is 49.4 Å². The molecule has 1 rings (SSSR count). The summed E-state index contributed by atoms with van der Waals surface area (Å²) >= 11 is 3.35. The molecule has 0 saturated heterocycles. The molecule has 6 heteroatoms. The van der Waals surface area contributed by atoms with E-state index in [0.717, 1.165) is 4.47 Å². The minimum atomic E-state index is 0.627. The molecule has 0 fully saturated rings. The van der Waals surface area contributed by atoms with Crippen LogP contribution in [0.25, 0.3) is 0 Å². The lowest BCUT2D eigenvalue weighted by atomic mass is 10.6. The summed E-state index contributed by atoms with van der Waals surface area (Å²) in [5, 5.41) is 0. The Morgan fingerprint density at radius 2 is 2.00 bits per heavy atom. The molecule has 0 radical (unpaired) electrons. The maximum atomic E-state index is 4.29. The van der Waals surface area contributed by atoms with E-state index in [4.69, 9.17) is 0 Å². The number of hydrogen-bond acceptors (Lipinski definition) is 4. The molecule has 1 heterocycles. The van der Waals surface area contributed by atoms with Crippen molar-refractivity contribution in [2.24, 2.45) is 4.99 Å². The fourth-order valence-electron chi connectivity index (χ4n) is 0.825. The molecule has 0 spiro atoms. The highest BCUT2D eigenvalue weighted by Crippen LogP contribution is 2.23. The molecule has 0 atom stereocenters. The van der Waals surface area contributed by atoms with E-state index in [2.05, 4.69) is 30.9 Å². The van der Waals surface area contributed by atoms with Crippen LogP contribution >= 0.6 is 15.9 Å². The van der Waals surface area contributed by atoms with E-state index in [9.17, 15) is 0 Å². The number of hydrogen-bond donors (Lipinski definition) is 0. The first-order valence-corrected chi connectivity index (χ1v) is 5.20. The highest BCUT2D eigenvalue weighted by Gasteiger charge is 2.04. The second kappa shape index (κ2) is 5.06. The summed E-state index contributed by atoms with van der Waals surface area (Å²) < 4.78 is 0.784. The number of aromatic nitrogens is 2. The minimum absolute atomic E-state index is 0.627. The van der Waals surface area contributed by atoms with E-state index < -0.39 is 0 Å². The largest absolute Gasteiger partial charge is 0.369 e. The molecular weight excluding hydrogens is 258 g/mol. The zero-order valence-corrected chi connectivity index (χ0v) is 10.9. The number of nitrogens with zero attached hydrogens (tertiary/aromatic N) is 5. The van der Waals surface area contributed by atoms with Gasteiger partial charge in [-0.15, -0.1) is 0 Å². The van der Waals surface area contributed by atoms with Crippen molar-refractivity contribution in [3.05, 3.63) is 10.7 Å². The monoisotopic (exact) mass is 271 g/mol. The van der Waals surface area contributed by atoms with Crippen LogP contribution in [0.15, 0.2) is 15.7 Å². The molecule has 0 aliphatic heterocycles. The molecule has 5 nitrogen and oxygen atoms in total. The predicted molar refractivity (Wildman–Crippen MR) is 65.9 cm³/mol. The summed E-state index contributed by atoms with van der Waals surface area (Å²) in [5.74, 6) is 1.27. The van der Waals surface area contributed by atoms with E-state index in [-0.39, 0.29) is 0 Å². The third-order valence-corrected chi connectivity index (χ3v) is 2.08. The van der Waals surface area contributed by atoms with Gasteiger partial charge in [0.1, 0.15) is 0 Å². The van der Waals surface area contributed by atoms with Crippen molar-refractivity contribution in [2.75, 3.05) is 33.1 Å². The normalized spacial score (nSPS) is 10.7. The van der Waals surface area contributed by atoms with Crippen molar-refractivity contribution >= 4 is 34.0 Å². The van der Waals surface area contributed by atoms with Crippen LogP contribution in [-0.2, 0) is 0 Å². The van der Waals surface area contributed by atoms with Gasteiger partial charge in [-0.05, 0) is 15.9 Å². The third-order valence-electron chi connectivity index (χ3n) is 1.52. The lowest BCUT2D eigenvalue weighted by molar-refractivity contribution is 0.643. The third kappa shape index (κ3) is 3.47. The summed E-state index contributed by atoms with van der Waals surface area (Å²) in [7, 11) is 7.60. The van der Waals surface area contributed by atoms with Gasteiger partial charge in [0, 0.05) is 34.4 Å². The van der Waals surface area contributed by atoms with Gasteiger partial charge in [-0.2, -0.15) is 4.98 Å². The van der Waals surface area contributed by atoms with Gasteiger partial charge >= 0.3 is 0 Å². The quantitative estimate of drug-likeness (QED) is 0.618. The summed E-state index contributed by atoms with van der Waals surface area (Å²) in [6.45, 7) is 0. The Kier molecular flexibility index (Phi) is 4.02. The maximum Gasteiger partial charge on any atom is 0.226 e. The SMILES string of the molecule is CN(C)C=Nc1nc(N(C)C)ncc1Br. The van der Waals surface area contributed by atoms with Crippen LogP contribution in [0.3, 0.4) is 0 Å². The molecular formula is C9H14BrN5. The van der Waals surface area contributed by atoms with Gasteiger partial charge in [0.05, 0.1) is 10.8 Å². The Hall–Kier alpha value is -1.17. The summed E-state index contributed by atoms with van der Waals surface area (Å²) in [6.07, 6.45) is 3.40. The van der Waals surface area contributed by atoms with Crippen molar-refractivity contribution in [1.29, 1.82) is 0 Å². The molecule has 0 saturated carbocycles.